The van der Waals surface area contributed by atoms with Gasteiger partial charge in [-0.3, -0.25) is 0 Å². The summed E-state index contributed by atoms with van der Waals surface area (Å²) in [4.78, 5) is 10.8. The van der Waals surface area contributed by atoms with Crippen LogP contribution in [-0.2, 0) is 13.0 Å². The Labute approximate surface area is 131 Å². The van der Waals surface area contributed by atoms with Crippen molar-refractivity contribution in [3.05, 3.63) is 63.6 Å². The molecular formula is C16H16BrNO3. The van der Waals surface area contributed by atoms with E-state index in [4.69, 9.17) is 15.6 Å². The van der Waals surface area contributed by atoms with Gasteiger partial charge in [0.25, 0.3) is 0 Å². The van der Waals surface area contributed by atoms with Gasteiger partial charge in [0.05, 0.1) is 5.56 Å². The zero-order chi connectivity index (χ0) is 15.2. The Bertz CT molecular complexity index is 626. The van der Waals surface area contributed by atoms with Gasteiger partial charge in [-0.15, -0.1) is 0 Å². The van der Waals surface area contributed by atoms with E-state index in [1.807, 2.05) is 18.2 Å². The standard InChI is InChI=1S/C16H16BrNO3/c17-15-6-5-14(9-13(15)7-8-18)21-10-11-1-3-12(4-2-11)16(19)20/h1-6,9H,7-8,10,18H2,(H,19,20). The van der Waals surface area contributed by atoms with Crippen LogP contribution >= 0.6 is 15.9 Å². The van der Waals surface area contributed by atoms with Crippen molar-refractivity contribution >= 4 is 21.9 Å². The third kappa shape index (κ3) is 4.31. The summed E-state index contributed by atoms with van der Waals surface area (Å²) in [6.07, 6.45) is 0.783. The van der Waals surface area contributed by atoms with Crippen LogP contribution in [0.5, 0.6) is 5.75 Å². The predicted octanol–water partition coefficient (Wildman–Crippen LogP) is 3.23. The highest BCUT2D eigenvalue weighted by Gasteiger charge is 2.04. The van der Waals surface area contributed by atoms with E-state index in [0.717, 1.165) is 27.8 Å². The minimum absolute atomic E-state index is 0.271. The highest BCUT2D eigenvalue weighted by molar-refractivity contribution is 9.10. The molecule has 21 heavy (non-hydrogen) atoms. The molecule has 2 aromatic carbocycles. The molecule has 0 radical (unpaired) electrons. The van der Waals surface area contributed by atoms with Crippen LogP contribution in [0.25, 0.3) is 0 Å². The summed E-state index contributed by atoms with van der Waals surface area (Å²) in [5.41, 5.74) is 7.87. The van der Waals surface area contributed by atoms with Crippen molar-refractivity contribution in [1.29, 1.82) is 0 Å². The minimum atomic E-state index is -0.929. The largest absolute Gasteiger partial charge is 0.489 e. The molecule has 0 amide bonds. The maximum Gasteiger partial charge on any atom is 0.335 e. The minimum Gasteiger partial charge on any atom is -0.489 e. The fourth-order valence-corrected chi connectivity index (χ4v) is 2.34. The fraction of sp³-hybridized carbons (Fsp3) is 0.188. The summed E-state index contributed by atoms with van der Waals surface area (Å²) in [6, 6.07) is 12.4. The highest BCUT2D eigenvalue weighted by atomic mass is 79.9. The second-order valence-electron chi connectivity index (χ2n) is 4.58. The summed E-state index contributed by atoms with van der Waals surface area (Å²) in [5.74, 6) is -0.161. The lowest BCUT2D eigenvalue weighted by atomic mass is 10.1. The molecule has 0 aliphatic carbocycles. The zero-order valence-electron chi connectivity index (χ0n) is 11.4. The molecule has 0 fully saturated rings. The molecule has 0 unspecified atom stereocenters. The highest BCUT2D eigenvalue weighted by Crippen LogP contribution is 2.23. The number of benzene rings is 2. The van der Waals surface area contributed by atoms with Crippen molar-refractivity contribution in [2.75, 3.05) is 6.54 Å². The Morgan fingerprint density at radius 1 is 1.19 bits per heavy atom. The van der Waals surface area contributed by atoms with Crippen molar-refractivity contribution in [3.63, 3.8) is 0 Å². The zero-order valence-corrected chi connectivity index (χ0v) is 13.0. The van der Waals surface area contributed by atoms with Gasteiger partial charge in [-0.2, -0.15) is 0 Å². The van der Waals surface area contributed by atoms with Gasteiger partial charge in [0.1, 0.15) is 12.4 Å². The van der Waals surface area contributed by atoms with E-state index in [1.54, 1.807) is 24.3 Å². The molecule has 0 saturated heterocycles. The first kappa shape index (κ1) is 15.5. The molecule has 0 aliphatic heterocycles. The van der Waals surface area contributed by atoms with Crippen LogP contribution in [0.3, 0.4) is 0 Å². The number of nitrogens with two attached hydrogens (primary N) is 1. The molecule has 5 heteroatoms. The average molecular weight is 350 g/mol. The van der Waals surface area contributed by atoms with E-state index in [2.05, 4.69) is 15.9 Å². The van der Waals surface area contributed by atoms with Crippen molar-refractivity contribution in [1.82, 2.24) is 0 Å². The second kappa shape index (κ2) is 7.24. The lowest BCUT2D eigenvalue weighted by Crippen LogP contribution is -2.04. The van der Waals surface area contributed by atoms with Crippen LogP contribution in [0.2, 0.25) is 0 Å². The van der Waals surface area contributed by atoms with Crippen LogP contribution in [0.15, 0.2) is 46.9 Å². The number of carboxylic acids is 1. The third-order valence-electron chi connectivity index (χ3n) is 3.04. The average Bonchev–Trinajstić information content (AvgIpc) is 2.48. The predicted molar refractivity (Wildman–Crippen MR) is 84.6 cm³/mol. The summed E-state index contributed by atoms with van der Waals surface area (Å²) < 4.78 is 6.74. The van der Waals surface area contributed by atoms with Gasteiger partial charge in [-0.05, 0) is 54.4 Å². The van der Waals surface area contributed by atoms with Crippen LogP contribution < -0.4 is 10.5 Å². The first-order valence-electron chi connectivity index (χ1n) is 6.53. The van der Waals surface area contributed by atoms with E-state index in [9.17, 15) is 4.79 Å². The molecule has 0 saturated carbocycles. The van der Waals surface area contributed by atoms with Gasteiger partial charge in [-0.1, -0.05) is 28.1 Å². The first-order valence-corrected chi connectivity index (χ1v) is 7.33. The van der Waals surface area contributed by atoms with Gasteiger partial charge < -0.3 is 15.6 Å². The quantitative estimate of drug-likeness (QED) is 0.839. The molecule has 0 spiro atoms. The molecule has 2 rings (SSSR count). The lowest BCUT2D eigenvalue weighted by molar-refractivity contribution is 0.0697. The van der Waals surface area contributed by atoms with E-state index in [-0.39, 0.29) is 5.56 Å². The second-order valence-corrected chi connectivity index (χ2v) is 5.44. The van der Waals surface area contributed by atoms with Crippen molar-refractivity contribution in [2.45, 2.75) is 13.0 Å². The normalized spacial score (nSPS) is 10.4. The maximum atomic E-state index is 10.8. The molecule has 0 aromatic heterocycles. The number of aromatic carboxylic acids is 1. The van der Waals surface area contributed by atoms with Crippen molar-refractivity contribution < 1.29 is 14.6 Å². The molecule has 110 valence electrons. The molecule has 2 aromatic rings. The number of rotatable bonds is 6. The Balaban J connectivity index is 2.02. The van der Waals surface area contributed by atoms with Gasteiger partial charge in [-0.25, -0.2) is 4.79 Å². The molecule has 0 atom stereocenters. The van der Waals surface area contributed by atoms with Crippen LogP contribution in [-0.4, -0.2) is 17.6 Å². The Kier molecular flexibility index (Phi) is 5.36. The molecular weight excluding hydrogens is 334 g/mol. The Hall–Kier alpha value is -1.85. The number of ether oxygens (including phenoxy) is 1. The molecule has 0 heterocycles. The van der Waals surface area contributed by atoms with Gasteiger partial charge >= 0.3 is 5.97 Å². The number of carboxylic acid groups (broad SMARTS) is 1. The topological polar surface area (TPSA) is 72.5 Å². The van der Waals surface area contributed by atoms with Crippen molar-refractivity contribution in [3.8, 4) is 5.75 Å². The Morgan fingerprint density at radius 2 is 1.90 bits per heavy atom. The molecule has 3 N–H and O–H groups in total. The number of hydrogen-bond donors (Lipinski definition) is 2. The van der Waals surface area contributed by atoms with Crippen molar-refractivity contribution in [2.24, 2.45) is 5.73 Å². The van der Waals surface area contributed by atoms with Crippen LogP contribution in [0.1, 0.15) is 21.5 Å². The smallest absolute Gasteiger partial charge is 0.335 e. The van der Waals surface area contributed by atoms with E-state index < -0.39 is 5.97 Å². The summed E-state index contributed by atoms with van der Waals surface area (Å²) in [5, 5.41) is 8.84. The van der Waals surface area contributed by atoms with E-state index in [1.165, 1.54) is 0 Å². The lowest BCUT2D eigenvalue weighted by Gasteiger charge is -2.09. The van der Waals surface area contributed by atoms with E-state index >= 15 is 0 Å². The van der Waals surface area contributed by atoms with E-state index in [0.29, 0.717) is 13.2 Å². The van der Waals surface area contributed by atoms with Gasteiger partial charge in [0.15, 0.2) is 0 Å². The third-order valence-corrected chi connectivity index (χ3v) is 3.81. The SMILES string of the molecule is NCCc1cc(OCc2ccc(C(=O)O)cc2)ccc1Br. The van der Waals surface area contributed by atoms with Crippen LogP contribution in [0, 0.1) is 0 Å². The summed E-state index contributed by atoms with van der Waals surface area (Å²) in [7, 11) is 0. The number of carbonyl (C=O) groups is 1. The maximum absolute atomic E-state index is 10.8. The van der Waals surface area contributed by atoms with Gasteiger partial charge in [0, 0.05) is 4.47 Å². The fourth-order valence-electron chi connectivity index (χ4n) is 1.90. The summed E-state index contributed by atoms with van der Waals surface area (Å²) in [6.45, 7) is 0.975. The summed E-state index contributed by atoms with van der Waals surface area (Å²) >= 11 is 3.48. The number of hydrogen-bond acceptors (Lipinski definition) is 3. The first-order chi connectivity index (χ1) is 10.1. The molecule has 4 nitrogen and oxygen atoms in total. The van der Waals surface area contributed by atoms with Gasteiger partial charge in [0.2, 0.25) is 0 Å². The molecule has 0 bridgehead atoms. The van der Waals surface area contributed by atoms with Crippen LogP contribution in [0.4, 0.5) is 0 Å². The Morgan fingerprint density at radius 3 is 2.52 bits per heavy atom. The molecule has 0 aliphatic rings. The number of halogens is 1. The monoisotopic (exact) mass is 349 g/mol.